The Labute approximate surface area is 284 Å². The summed E-state index contributed by atoms with van der Waals surface area (Å²) in [4.78, 5) is 74.0. The van der Waals surface area contributed by atoms with Crippen LogP contribution < -0.4 is 22.5 Å². The van der Waals surface area contributed by atoms with Crippen LogP contribution >= 0.6 is 46.8 Å². The average molecular weight is 727 g/mol. The van der Waals surface area contributed by atoms with Gasteiger partial charge in [-0.2, -0.15) is 21.1 Å². The molecule has 1 fully saturated rings. The lowest BCUT2D eigenvalue weighted by molar-refractivity contribution is -0.148. The van der Waals surface area contributed by atoms with Crippen LogP contribution in [0.15, 0.2) is 39.2 Å². The van der Waals surface area contributed by atoms with Gasteiger partial charge in [0.25, 0.3) is 11.8 Å². The third-order valence-electron chi connectivity index (χ3n) is 6.42. The number of anilines is 1. The fourth-order valence-corrected chi connectivity index (χ4v) is 8.14. The van der Waals surface area contributed by atoms with Gasteiger partial charge in [0.05, 0.1) is 22.7 Å². The summed E-state index contributed by atoms with van der Waals surface area (Å²) < 4.78 is 8.90. The van der Waals surface area contributed by atoms with Gasteiger partial charge in [-0.15, -0.1) is 11.8 Å². The summed E-state index contributed by atoms with van der Waals surface area (Å²) in [5.41, 5.74) is 17.0. The molecular weight excluding hydrogens is 697 g/mol. The molecular formula is C25H30N10O8S4. The first-order valence-electron chi connectivity index (χ1n) is 13.6. The van der Waals surface area contributed by atoms with Crippen molar-refractivity contribution in [1.29, 1.82) is 0 Å². The molecule has 0 spiro atoms. The molecule has 0 saturated carbocycles. The molecule has 0 bridgehead atoms. The standard InChI is InChI=1S/C25H30N10O8S4/c1-10(26)19(37)34(20(38)11(2)27)6-7-44-8-12-13(4-3-5-29-12)46-14-9-45-23-16(21(39)35(23)22(14)43-25(40)41)30-18(36)15(32-42)17-31-24(28)47-33-17/h3-5,10-11,16,23,42H,6-9,26-27H2,1-2H3,(H,30,36)(H,40,41)(H2,28,31,33)/b32-15-/t10-,11-,16+,23-/m0/s1. The highest BCUT2D eigenvalue weighted by Crippen LogP contribution is 2.46. The van der Waals surface area contributed by atoms with Gasteiger partial charge < -0.3 is 37.6 Å². The predicted molar refractivity (Wildman–Crippen MR) is 174 cm³/mol. The first-order valence-corrected chi connectivity index (χ1v) is 17.4. The van der Waals surface area contributed by atoms with Gasteiger partial charge in [-0.25, -0.2) is 4.79 Å². The van der Waals surface area contributed by atoms with E-state index in [1.165, 1.54) is 49.1 Å². The minimum atomic E-state index is -1.64. The number of hydrogen-bond acceptors (Lipinski definition) is 18. The maximum Gasteiger partial charge on any atom is 0.512 e. The number of nitrogen functional groups attached to an aromatic ring is 1. The van der Waals surface area contributed by atoms with Gasteiger partial charge in [0.1, 0.15) is 11.4 Å². The van der Waals surface area contributed by atoms with Crippen LogP contribution in [0.5, 0.6) is 0 Å². The number of pyridine rings is 1. The molecule has 47 heavy (non-hydrogen) atoms. The van der Waals surface area contributed by atoms with E-state index in [0.717, 1.165) is 21.3 Å². The quantitative estimate of drug-likeness (QED) is 0.0396. The lowest BCUT2D eigenvalue weighted by atomic mass is 10.1. The largest absolute Gasteiger partial charge is 0.512 e. The monoisotopic (exact) mass is 726 g/mol. The summed E-state index contributed by atoms with van der Waals surface area (Å²) in [6, 6.07) is 0.637. The number of β-lactam (4-membered cyclic amide) rings is 1. The Morgan fingerprint density at radius 3 is 2.55 bits per heavy atom. The second kappa shape index (κ2) is 15.8. The van der Waals surface area contributed by atoms with Gasteiger partial charge in [0.15, 0.2) is 5.13 Å². The SMILES string of the molecule is C[C@H](N)C(=O)N(CCSCc1ncccc1SC1=C(OC(=O)O)N2C(=O)[C@@H](NC(=O)/C(=N\O)c3nsc(N)n3)[C@@H]2SC1)C(=O)[C@H](C)N. The van der Waals surface area contributed by atoms with Crippen molar-refractivity contribution in [2.45, 2.75) is 48.0 Å². The van der Waals surface area contributed by atoms with Crippen LogP contribution in [0.25, 0.3) is 0 Å². The van der Waals surface area contributed by atoms with E-state index < -0.39 is 59.0 Å². The molecule has 252 valence electrons. The van der Waals surface area contributed by atoms with Crippen molar-refractivity contribution < 1.29 is 39.0 Å². The summed E-state index contributed by atoms with van der Waals surface area (Å²) in [7, 11) is 0. The molecule has 0 radical (unpaired) electrons. The molecule has 2 aliphatic heterocycles. The average Bonchev–Trinajstić information content (AvgIpc) is 3.45. The Morgan fingerprint density at radius 1 is 1.26 bits per heavy atom. The van der Waals surface area contributed by atoms with Crippen LogP contribution in [0.1, 0.15) is 25.4 Å². The third-order valence-corrected chi connectivity index (χ3v) is 10.5. The lowest BCUT2D eigenvalue weighted by Crippen LogP contribution is -2.70. The molecule has 1 saturated heterocycles. The van der Waals surface area contributed by atoms with Crippen molar-refractivity contribution in [2.24, 2.45) is 16.6 Å². The number of hydrogen-bond donors (Lipinski definition) is 6. The van der Waals surface area contributed by atoms with Gasteiger partial charge in [-0.1, -0.05) is 16.9 Å². The number of nitrogens with zero attached hydrogens (tertiary/aromatic N) is 6. The summed E-state index contributed by atoms with van der Waals surface area (Å²) in [5, 5.41) is 23.5. The first kappa shape index (κ1) is 35.9. The van der Waals surface area contributed by atoms with E-state index in [2.05, 4.69) is 24.8 Å². The van der Waals surface area contributed by atoms with Gasteiger partial charge in [0.2, 0.25) is 29.2 Å². The van der Waals surface area contributed by atoms with Gasteiger partial charge in [-0.05, 0) is 26.0 Å². The molecule has 4 rings (SSSR count). The molecule has 0 unspecified atom stereocenters. The van der Waals surface area contributed by atoms with E-state index in [0.29, 0.717) is 27.0 Å². The Morgan fingerprint density at radius 2 is 1.96 bits per heavy atom. The van der Waals surface area contributed by atoms with Gasteiger partial charge in [-0.3, -0.25) is 34.0 Å². The number of carbonyl (C=O) groups excluding carboxylic acids is 4. The molecule has 0 aliphatic carbocycles. The summed E-state index contributed by atoms with van der Waals surface area (Å²) in [6.45, 7) is 3.07. The fourth-order valence-electron chi connectivity index (χ4n) is 4.24. The van der Waals surface area contributed by atoms with Crippen molar-refractivity contribution >= 4 is 87.4 Å². The van der Waals surface area contributed by atoms with E-state index in [1.54, 1.807) is 18.3 Å². The van der Waals surface area contributed by atoms with Crippen molar-refractivity contribution in [2.75, 3.05) is 23.8 Å². The zero-order valence-electron chi connectivity index (χ0n) is 24.8. The maximum atomic E-state index is 13.2. The highest BCUT2D eigenvalue weighted by molar-refractivity contribution is 8.06. The van der Waals surface area contributed by atoms with Crippen LogP contribution in [-0.2, 0) is 29.7 Å². The topological polar surface area (TPSA) is 283 Å². The zero-order valence-corrected chi connectivity index (χ0v) is 28.0. The van der Waals surface area contributed by atoms with E-state index in [-0.39, 0.29) is 29.1 Å². The molecule has 2 aromatic heterocycles. The second-order valence-corrected chi connectivity index (χ2v) is 14.0. The van der Waals surface area contributed by atoms with Crippen LogP contribution in [0.3, 0.4) is 0 Å². The van der Waals surface area contributed by atoms with Crippen LogP contribution in [-0.4, -0.2) is 112 Å². The van der Waals surface area contributed by atoms with E-state index in [4.69, 9.17) is 21.9 Å². The number of amides is 4. The summed E-state index contributed by atoms with van der Waals surface area (Å²) in [6.07, 6.45) is -0.0496. The molecule has 2 aromatic rings. The molecule has 4 atom stereocenters. The number of nitrogens with two attached hydrogens (primary N) is 3. The third kappa shape index (κ3) is 8.31. The fraction of sp³-hybridized carbons (Fsp3) is 0.400. The number of nitrogens with one attached hydrogen (secondary N) is 1. The summed E-state index contributed by atoms with van der Waals surface area (Å²) in [5.74, 6) is -2.10. The number of imide groups is 1. The molecule has 4 heterocycles. The number of fused-ring (bicyclic) bond motifs is 1. The number of carbonyl (C=O) groups is 5. The highest BCUT2D eigenvalue weighted by Gasteiger charge is 2.54. The van der Waals surface area contributed by atoms with Gasteiger partial charge in [0, 0.05) is 46.4 Å². The second-order valence-electron chi connectivity index (χ2n) is 9.87. The normalized spacial score (nSPS) is 18.9. The number of rotatable bonds is 13. The van der Waals surface area contributed by atoms with Gasteiger partial charge >= 0.3 is 6.16 Å². The van der Waals surface area contributed by atoms with E-state index >= 15 is 0 Å². The molecule has 18 nitrogen and oxygen atoms in total. The lowest BCUT2D eigenvalue weighted by Gasteiger charge is -2.48. The van der Waals surface area contributed by atoms with Crippen LogP contribution in [0.4, 0.5) is 9.93 Å². The molecule has 4 amide bonds. The Kier molecular flexibility index (Phi) is 12.0. The number of carboxylic acid groups (broad SMARTS) is 1. The predicted octanol–water partition coefficient (Wildman–Crippen LogP) is 0.0323. The van der Waals surface area contributed by atoms with Crippen molar-refractivity contribution in [3.05, 3.63) is 40.6 Å². The van der Waals surface area contributed by atoms with Crippen molar-refractivity contribution in [1.82, 2.24) is 29.5 Å². The minimum Gasteiger partial charge on any atom is -0.449 e. The van der Waals surface area contributed by atoms with Crippen molar-refractivity contribution in [3.63, 3.8) is 0 Å². The number of thioether (sulfide) groups is 3. The summed E-state index contributed by atoms with van der Waals surface area (Å²) >= 11 is 4.62. The molecule has 0 aromatic carbocycles. The Hall–Kier alpha value is -3.96. The molecule has 9 N–H and O–H groups in total. The Bertz CT molecular complexity index is 1600. The van der Waals surface area contributed by atoms with Crippen molar-refractivity contribution in [3.8, 4) is 0 Å². The minimum absolute atomic E-state index is 0.0395. The maximum absolute atomic E-state index is 13.2. The smallest absolute Gasteiger partial charge is 0.449 e. The van der Waals surface area contributed by atoms with Crippen LogP contribution in [0, 0.1) is 0 Å². The Balaban J connectivity index is 1.45. The highest BCUT2D eigenvalue weighted by atomic mass is 32.2. The number of oxime groups is 1. The zero-order chi connectivity index (χ0) is 34.4. The number of aromatic nitrogens is 3. The van der Waals surface area contributed by atoms with E-state index in [9.17, 15) is 34.3 Å². The first-order chi connectivity index (χ1) is 22.3. The number of ether oxygens (including phenoxy) is 1. The van der Waals surface area contributed by atoms with Crippen LogP contribution in [0.2, 0.25) is 0 Å². The molecule has 2 aliphatic rings. The van der Waals surface area contributed by atoms with E-state index in [1.807, 2.05) is 0 Å². The molecule has 22 heteroatoms.